The molecule has 0 spiro atoms. The van der Waals surface area contributed by atoms with Gasteiger partial charge in [-0.25, -0.2) is 0 Å². The maximum Gasteiger partial charge on any atom is 0.312 e. The fourth-order valence-corrected chi connectivity index (χ4v) is 5.72. The standard InChI is InChI=1S/C20H19FSi/c1-17-12-14-20(15-13-17)22(21,19-10-6-3-7-11-19)16-18-8-4-2-5-9-18/h2-15H,16H2,1H3. The molecule has 0 heterocycles. The van der Waals surface area contributed by atoms with Crippen LogP contribution in [0.4, 0.5) is 4.11 Å². The molecule has 110 valence electrons. The normalized spacial score (nSPS) is 13.5. The lowest BCUT2D eigenvalue weighted by atomic mass is 10.2. The summed E-state index contributed by atoms with van der Waals surface area (Å²) in [7, 11) is -3.27. The third-order valence-electron chi connectivity index (χ3n) is 4.03. The van der Waals surface area contributed by atoms with E-state index in [0.29, 0.717) is 6.04 Å². The zero-order valence-electron chi connectivity index (χ0n) is 12.7. The molecule has 0 radical (unpaired) electrons. The van der Waals surface area contributed by atoms with E-state index >= 15 is 4.11 Å². The Labute approximate surface area is 132 Å². The van der Waals surface area contributed by atoms with Gasteiger partial charge in [-0.05, 0) is 22.9 Å². The summed E-state index contributed by atoms with van der Waals surface area (Å²) >= 11 is 0. The van der Waals surface area contributed by atoms with Gasteiger partial charge in [-0.2, -0.15) is 0 Å². The molecule has 22 heavy (non-hydrogen) atoms. The van der Waals surface area contributed by atoms with Crippen molar-refractivity contribution in [3.63, 3.8) is 0 Å². The molecule has 0 aromatic heterocycles. The van der Waals surface area contributed by atoms with Crippen LogP contribution in [0.3, 0.4) is 0 Å². The third-order valence-corrected chi connectivity index (χ3v) is 7.42. The summed E-state index contributed by atoms with van der Waals surface area (Å²) in [4.78, 5) is 0. The molecule has 0 nitrogen and oxygen atoms in total. The average Bonchev–Trinajstić information content (AvgIpc) is 2.57. The fourth-order valence-electron chi connectivity index (χ4n) is 2.77. The van der Waals surface area contributed by atoms with E-state index in [1.165, 1.54) is 0 Å². The first-order valence-electron chi connectivity index (χ1n) is 7.54. The zero-order valence-corrected chi connectivity index (χ0v) is 13.7. The number of rotatable bonds is 4. The molecular weight excluding hydrogens is 287 g/mol. The Morgan fingerprint density at radius 1 is 0.682 bits per heavy atom. The summed E-state index contributed by atoms with van der Waals surface area (Å²) in [6.07, 6.45) is 0. The Bertz CT molecular complexity index is 723. The maximum atomic E-state index is 16.2. The minimum atomic E-state index is -3.27. The van der Waals surface area contributed by atoms with Crippen LogP contribution < -0.4 is 10.4 Å². The van der Waals surface area contributed by atoms with Crippen molar-refractivity contribution in [3.05, 3.63) is 96.1 Å². The Kier molecular flexibility index (Phi) is 4.21. The molecule has 3 aromatic rings. The van der Waals surface area contributed by atoms with E-state index in [2.05, 4.69) is 0 Å². The summed E-state index contributed by atoms with van der Waals surface area (Å²) < 4.78 is 16.2. The highest BCUT2D eigenvalue weighted by atomic mass is 28.4. The van der Waals surface area contributed by atoms with E-state index in [-0.39, 0.29) is 0 Å². The van der Waals surface area contributed by atoms with Crippen LogP contribution >= 0.6 is 0 Å². The first-order valence-corrected chi connectivity index (χ1v) is 9.62. The molecule has 1 atom stereocenters. The summed E-state index contributed by atoms with van der Waals surface area (Å²) in [5.74, 6) is 0. The third kappa shape index (κ3) is 3.02. The summed E-state index contributed by atoms with van der Waals surface area (Å²) in [5.41, 5.74) is 2.22. The summed E-state index contributed by atoms with van der Waals surface area (Å²) in [6.45, 7) is 2.03. The highest BCUT2D eigenvalue weighted by Crippen LogP contribution is 2.15. The topological polar surface area (TPSA) is 0 Å². The second-order valence-electron chi connectivity index (χ2n) is 5.70. The average molecular weight is 306 g/mol. The van der Waals surface area contributed by atoms with Gasteiger partial charge in [0.05, 0.1) is 0 Å². The van der Waals surface area contributed by atoms with Crippen LogP contribution in [0.5, 0.6) is 0 Å². The van der Waals surface area contributed by atoms with Gasteiger partial charge in [-0.3, -0.25) is 0 Å². The lowest BCUT2D eigenvalue weighted by Gasteiger charge is -2.24. The van der Waals surface area contributed by atoms with Gasteiger partial charge in [0.2, 0.25) is 0 Å². The molecule has 1 unspecified atom stereocenters. The van der Waals surface area contributed by atoms with Gasteiger partial charge in [-0.15, -0.1) is 0 Å². The molecule has 3 aromatic carbocycles. The number of benzene rings is 3. The number of aryl methyl sites for hydroxylation is 1. The molecule has 0 saturated heterocycles. The van der Waals surface area contributed by atoms with Crippen LogP contribution in [-0.2, 0) is 6.04 Å². The van der Waals surface area contributed by atoms with Crippen molar-refractivity contribution < 1.29 is 4.11 Å². The minimum Gasteiger partial charge on any atom is -0.301 e. The van der Waals surface area contributed by atoms with Gasteiger partial charge in [0.25, 0.3) is 0 Å². The Balaban J connectivity index is 2.07. The molecule has 0 fully saturated rings. The van der Waals surface area contributed by atoms with Crippen molar-refractivity contribution in [1.82, 2.24) is 0 Å². The van der Waals surface area contributed by atoms with Crippen LogP contribution in [0.2, 0.25) is 0 Å². The molecule has 0 saturated carbocycles. The van der Waals surface area contributed by atoms with Gasteiger partial charge >= 0.3 is 8.41 Å². The highest BCUT2D eigenvalue weighted by Gasteiger charge is 2.38. The van der Waals surface area contributed by atoms with E-state index in [1.807, 2.05) is 91.9 Å². The van der Waals surface area contributed by atoms with Crippen molar-refractivity contribution in [1.29, 1.82) is 0 Å². The summed E-state index contributed by atoms with van der Waals surface area (Å²) in [6, 6.07) is 28.0. The van der Waals surface area contributed by atoms with Gasteiger partial charge < -0.3 is 4.11 Å². The SMILES string of the molecule is Cc1ccc([Si](F)(Cc2ccccc2)c2ccccc2)cc1. The predicted octanol–water partition coefficient (Wildman–Crippen LogP) is 3.81. The van der Waals surface area contributed by atoms with Crippen LogP contribution in [0.1, 0.15) is 11.1 Å². The molecule has 0 N–H and O–H groups in total. The number of halogens is 1. The van der Waals surface area contributed by atoms with Crippen LogP contribution in [0.25, 0.3) is 0 Å². The van der Waals surface area contributed by atoms with Crippen LogP contribution in [0, 0.1) is 6.92 Å². The molecule has 3 rings (SSSR count). The van der Waals surface area contributed by atoms with E-state index in [1.54, 1.807) is 0 Å². The molecule has 2 heteroatoms. The van der Waals surface area contributed by atoms with E-state index in [0.717, 1.165) is 21.5 Å². The van der Waals surface area contributed by atoms with Gasteiger partial charge in [0, 0.05) is 6.04 Å². The minimum absolute atomic E-state index is 0.473. The largest absolute Gasteiger partial charge is 0.312 e. The second-order valence-corrected chi connectivity index (χ2v) is 8.81. The zero-order chi connectivity index (χ0) is 15.4. The van der Waals surface area contributed by atoms with Gasteiger partial charge in [-0.1, -0.05) is 90.5 Å². The van der Waals surface area contributed by atoms with Gasteiger partial charge in [0.1, 0.15) is 0 Å². The van der Waals surface area contributed by atoms with Crippen molar-refractivity contribution in [3.8, 4) is 0 Å². The molecule has 0 bridgehead atoms. The van der Waals surface area contributed by atoms with Crippen molar-refractivity contribution in [2.45, 2.75) is 13.0 Å². The molecule has 0 amide bonds. The van der Waals surface area contributed by atoms with Crippen LogP contribution in [-0.4, -0.2) is 8.41 Å². The van der Waals surface area contributed by atoms with Crippen molar-refractivity contribution >= 4 is 18.8 Å². The highest BCUT2D eigenvalue weighted by molar-refractivity contribution is 6.96. The molecular formula is C20H19FSi. The van der Waals surface area contributed by atoms with E-state index in [4.69, 9.17) is 0 Å². The maximum absolute atomic E-state index is 16.2. The lowest BCUT2D eigenvalue weighted by molar-refractivity contribution is 0.810. The van der Waals surface area contributed by atoms with Crippen LogP contribution in [0.15, 0.2) is 84.9 Å². The first-order chi connectivity index (χ1) is 10.7. The molecule has 0 aliphatic rings. The molecule has 0 aliphatic heterocycles. The predicted molar refractivity (Wildman–Crippen MR) is 93.9 cm³/mol. The Morgan fingerprint density at radius 2 is 1.18 bits per heavy atom. The Morgan fingerprint density at radius 3 is 1.77 bits per heavy atom. The first kappa shape index (κ1) is 14.7. The smallest absolute Gasteiger partial charge is 0.301 e. The van der Waals surface area contributed by atoms with Gasteiger partial charge in [0.15, 0.2) is 0 Å². The summed E-state index contributed by atoms with van der Waals surface area (Å²) in [5, 5.41) is 1.68. The second kappa shape index (κ2) is 6.28. The lowest BCUT2D eigenvalue weighted by Crippen LogP contribution is -2.56. The monoisotopic (exact) mass is 306 g/mol. The molecule has 0 aliphatic carbocycles. The fraction of sp³-hybridized carbons (Fsp3) is 0.100. The quantitative estimate of drug-likeness (QED) is 0.508. The van der Waals surface area contributed by atoms with Crippen molar-refractivity contribution in [2.75, 3.05) is 0 Å². The van der Waals surface area contributed by atoms with E-state index in [9.17, 15) is 0 Å². The van der Waals surface area contributed by atoms with Crippen molar-refractivity contribution in [2.24, 2.45) is 0 Å². The number of hydrogen-bond acceptors (Lipinski definition) is 0. The van der Waals surface area contributed by atoms with E-state index < -0.39 is 8.41 Å². The Hall–Kier alpha value is -2.19. The number of hydrogen-bond donors (Lipinski definition) is 0.